The Morgan fingerprint density at radius 2 is 0.743 bits per heavy atom. The van der Waals surface area contributed by atoms with Gasteiger partial charge in [0.25, 0.3) is 0 Å². The number of esters is 2. The molecule has 0 spiro atoms. The maximum atomic E-state index is 12.7. The molecule has 74 heavy (non-hydrogen) atoms. The van der Waals surface area contributed by atoms with Gasteiger partial charge in [-0.25, -0.2) is 4.57 Å². The molecular formula is C64H112NO8P. The van der Waals surface area contributed by atoms with E-state index in [0.717, 1.165) is 96.3 Å². The number of allylic oxidation sites excluding steroid dienone is 16. The van der Waals surface area contributed by atoms with Crippen molar-refractivity contribution in [2.24, 2.45) is 5.73 Å². The summed E-state index contributed by atoms with van der Waals surface area (Å²) in [6.45, 7) is 3.64. The fourth-order valence-electron chi connectivity index (χ4n) is 8.30. The Balaban J connectivity index is 4.00. The first-order valence-electron chi connectivity index (χ1n) is 30.2. The molecule has 0 amide bonds. The number of phosphoric ester groups is 1. The van der Waals surface area contributed by atoms with Crippen molar-refractivity contribution < 1.29 is 37.6 Å². The van der Waals surface area contributed by atoms with Crippen LogP contribution in [0.3, 0.4) is 0 Å². The van der Waals surface area contributed by atoms with Gasteiger partial charge in [-0.3, -0.25) is 18.6 Å². The molecule has 10 heteroatoms. The Hall–Kier alpha value is -3.07. The van der Waals surface area contributed by atoms with Crippen molar-refractivity contribution in [1.82, 2.24) is 0 Å². The second-order valence-corrected chi connectivity index (χ2v) is 21.3. The molecule has 0 aromatic heterocycles. The summed E-state index contributed by atoms with van der Waals surface area (Å²) in [4.78, 5) is 35.2. The van der Waals surface area contributed by atoms with E-state index in [2.05, 4.69) is 111 Å². The van der Waals surface area contributed by atoms with E-state index in [4.69, 9.17) is 24.3 Å². The van der Waals surface area contributed by atoms with E-state index in [1.165, 1.54) is 135 Å². The quantitative estimate of drug-likeness (QED) is 0.0264. The SMILES string of the molecule is CC/C=C\C/C=C\C/C=C\C/C=C\C/C=C\C/C=C\C/C=C\C/C=C\CCCCCCCCCCC(=O)OC(COC(=O)CCCCCCCCCCCCCCCCCCCCCC)COP(=O)(O)OCCN. The van der Waals surface area contributed by atoms with Gasteiger partial charge in [-0.05, 0) is 77.0 Å². The molecule has 9 nitrogen and oxygen atoms in total. The summed E-state index contributed by atoms with van der Waals surface area (Å²) in [5.74, 6) is -0.833. The number of nitrogens with two attached hydrogens (primary N) is 1. The Bertz CT molecular complexity index is 1530. The van der Waals surface area contributed by atoms with Gasteiger partial charge in [0.2, 0.25) is 0 Å². The van der Waals surface area contributed by atoms with Gasteiger partial charge in [-0.2, -0.15) is 0 Å². The van der Waals surface area contributed by atoms with Crippen LogP contribution in [0.5, 0.6) is 0 Å². The predicted octanol–water partition coefficient (Wildman–Crippen LogP) is 19.2. The minimum atomic E-state index is -4.39. The van der Waals surface area contributed by atoms with Crippen molar-refractivity contribution in [2.45, 2.75) is 270 Å². The number of carbonyl (C=O) groups is 2. The molecule has 0 saturated heterocycles. The summed E-state index contributed by atoms with van der Waals surface area (Å²) < 4.78 is 33.1. The van der Waals surface area contributed by atoms with Crippen LogP contribution < -0.4 is 5.73 Å². The normalized spacial score (nSPS) is 13.7. The van der Waals surface area contributed by atoms with E-state index in [9.17, 15) is 19.0 Å². The number of phosphoric acid groups is 1. The van der Waals surface area contributed by atoms with Crippen molar-refractivity contribution in [3.63, 3.8) is 0 Å². The van der Waals surface area contributed by atoms with Crippen LogP contribution in [0.4, 0.5) is 0 Å². The first-order valence-corrected chi connectivity index (χ1v) is 31.7. The molecule has 0 rings (SSSR count). The lowest BCUT2D eigenvalue weighted by molar-refractivity contribution is -0.161. The van der Waals surface area contributed by atoms with Gasteiger partial charge >= 0.3 is 19.8 Å². The fraction of sp³-hybridized carbons (Fsp3) is 0.719. The molecule has 0 bridgehead atoms. The highest BCUT2D eigenvalue weighted by Crippen LogP contribution is 2.43. The lowest BCUT2D eigenvalue weighted by atomic mass is 10.0. The third kappa shape index (κ3) is 58.2. The van der Waals surface area contributed by atoms with Crippen molar-refractivity contribution in [3.05, 3.63) is 97.2 Å². The molecule has 0 aromatic carbocycles. The van der Waals surface area contributed by atoms with Crippen LogP contribution >= 0.6 is 7.82 Å². The molecule has 0 saturated carbocycles. The number of carbonyl (C=O) groups excluding carboxylic acids is 2. The summed E-state index contributed by atoms with van der Waals surface area (Å²) in [5, 5.41) is 0. The molecule has 0 radical (unpaired) electrons. The zero-order chi connectivity index (χ0) is 53.8. The smallest absolute Gasteiger partial charge is 0.462 e. The number of rotatable bonds is 56. The summed E-state index contributed by atoms with van der Waals surface area (Å²) in [6.07, 6.45) is 78.9. The van der Waals surface area contributed by atoms with E-state index in [1.807, 2.05) is 0 Å². The van der Waals surface area contributed by atoms with Crippen LogP contribution in [0.25, 0.3) is 0 Å². The Morgan fingerprint density at radius 3 is 1.11 bits per heavy atom. The van der Waals surface area contributed by atoms with Gasteiger partial charge in [-0.15, -0.1) is 0 Å². The number of hydrogen-bond donors (Lipinski definition) is 2. The molecule has 0 fully saturated rings. The van der Waals surface area contributed by atoms with Gasteiger partial charge in [0.05, 0.1) is 13.2 Å². The van der Waals surface area contributed by atoms with Crippen molar-refractivity contribution in [2.75, 3.05) is 26.4 Å². The topological polar surface area (TPSA) is 134 Å². The molecule has 0 aromatic rings. The molecule has 426 valence electrons. The van der Waals surface area contributed by atoms with Crippen LogP contribution in [-0.2, 0) is 32.7 Å². The van der Waals surface area contributed by atoms with Gasteiger partial charge in [0, 0.05) is 19.4 Å². The summed E-state index contributed by atoms with van der Waals surface area (Å²) in [7, 11) is -4.39. The van der Waals surface area contributed by atoms with Gasteiger partial charge < -0.3 is 20.1 Å². The summed E-state index contributed by atoms with van der Waals surface area (Å²) in [6, 6.07) is 0. The second-order valence-electron chi connectivity index (χ2n) is 19.8. The molecule has 2 atom stereocenters. The van der Waals surface area contributed by atoms with E-state index < -0.39 is 26.5 Å². The highest BCUT2D eigenvalue weighted by molar-refractivity contribution is 7.47. The Labute approximate surface area is 455 Å². The highest BCUT2D eigenvalue weighted by Gasteiger charge is 2.26. The summed E-state index contributed by atoms with van der Waals surface area (Å²) in [5.41, 5.74) is 5.38. The largest absolute Gasteiger partial charge is 0.472 e. The third-order valence-electron chi connectivity index (χ3n) is 12.7. The lowest BCUT2D eigenvalue weighted by Gasteiger charge is -2.19. The molecule has 2 unspecified atom stereocenters. The zero-order valence-corrected chi connectivity index (χ0v) is 48.4. The van der Waals surface area contributed by atoms with Gasteiger partial charge in [-0.1, -0.05) is 272 Å². The number of ether oxygens (including phenoxy) is 2. The monoisotopic (exact) mass is 1050 g/mol. The van der Waals surface area contributed by atoms with Crippen molar-refractivity contribution in [1.29, 1.82) is 0 Å². The molecular weight excluding hydrogens is 942 g/mol. The van der Waals surface area contributed by atoms with Gasteiger partial charge in [0.1, 0.15) is 6.61 Å². The van der Waals surface area contributed by atoms with E-state index in [0.29, 0.717) is 6.42 Å². The van der Waals surface area contributed by atoms with E-state index >= 15 is 0 Å². The van der Waals surface area contributed by atoms with Crippen LogP contribution in [0.1, 0.15) is 264 Å². The lowest BCUT2D eigenvalue weighted by Crippen LogP contribution is -2.29. The van der Waals surface area contributed by atoms with Crippen molar-refractivity contribution in [3.8, 4) is 0 Å². The molecule has 0 aliphatic heterocycles. The van der Waals surface area contributed by atoms with Crippen LogP contribution in [0, 0.1) is 0 Å². The average Bonchev–Trinajstić information content (AvgIpc) is 3.39. The van der Waals surface area contributed by atoms with Gasteiger partial charge in [0.15, 0.2) is 6.10 Å². The zero-order valence-electron chi connectivity index (χ0n) is 47.6. The number of hydrogen-bond acceptors (Lipinski definition) is 8. The minimum Gasteiger partial charge on any atom is -0.462 e. The average molecular weight is 1050 g/mol. The van der Waals surface area contributed by atoms with Crippen LogP contribution in [-0.4, -0.2) is 49.3 Å². The minimum absolute atomic E-state index is 0.0489. The van der Waals surface area contributed by atoms with E-state index in [-0.39, 0.29) is 38.6 Å². The molecule has 0 heterocycles. The predicted molar refractivity (Wildman–Crippen MR) is 316 cm³/mol. The molecule has 0 aliphatic rings. The standard InChI is InChI=1S/C64H112NO8P/c1-3-5-7-9-11-13-15-17-19-21-23-25-26-27-28-29-30-31-32-33-34-35-36-37-39-41-43-45-47-49-51-53-55-57-64(67)73-62(61-72-74(68,69)71-59-58-65)60-70-63(66)56-54-52-50-48-46-44-42-40-38-24-22-20-18-16-14-12-10-8-6-4-2/h5,7,11,13,17,19,23,25,27-28,30-31,33-34,36-37,62H,3-4,6,8-10,12,14-16,18,20-22,24,26,29,32,35,38-61,65H2,1-2H3,(H,68,69)/b7-5-,13-11-,19-17-,25-23-,28-27-,31-30-,34-33-,37-36-. The maximum Gasteiger partial charge on any atom is 0.472 e. The summed E-state index contributed by atoms with van der Waals surface area (Å²) >= 11 is 0. The first-order chi connectivity index (χ1) is 36.3. The van der Waals surface area contributed by atoms with Crippen LogP contribution in [0.15, 0.2) is 97.2 Å². The fourth-order valence-corrected chi connectivity index (χ4v) is 9.07. The maximum absolute atomic E-state index is 12.7. The first kappa shape index (κ1) is 70.9. The number of unbranched alkanes of at least 4 members (excludes halogenated alkanes) is 27. The third-order valence-corrected chi connectivity index (χ3v) is 13.7. The van der Waals surface area contributed by atoms with Crippen molar-refractivity contribution >= 4 is 19.8 Å². The van der Waals surface area contributed by atoms with E-state index in [1.54, 1.807) is 0 Å². The molecule has 3 N–H and O–H groups in total. The Morgan fingerprint density at radius 1 is 0.419 bits per heavy atom. The second kappa shape index (κ2) is 59.2. The Kier molecular flexibility index (Phi) is 56.7. The van der Waals surface area contributed by atoms with Crippen LogP contribution in [0.2, 0.25) is 0 Å². The molecule has 0 aliphatic carbocycles. The highest BCUT2D eigenvalue weighted by atomic mass is 31.2.